The van der Waals surface area contributed by atoms with E-state index >= 15 is 0 Å². The number of aromatic nitrogens is 5. The highest BCUT2D eigenvalue weighted by atomic mass is 35.5. The maximum atomic E-state index is 13.6. The predicted octanol–water partition coefficient (Wildman–Crippen LogP) is 3.68. The quantitative estimate of drug-likeness (QED) is 0.452. The summed E-state index contributed by atoms with van der Waals surface area (Å²) in [7, 11) is 3.29. The summed E-state index contributed by atoms with van der Waals surface area (Å²) < 4.78 is 30.0. The average molecular weight is 480 g/mol. The van der Waals surface area contributed by atoms with Crippen LogP contribution in [0.4, 0.5) is 14.5 Å². The number of alkyl halides is 2. The van der Waals surface area contributed by atoms with Crippen LogP contribution in [-0.2, 0) is 14.1 Å². The van der Waals surface area contributed by atoms with Crippen molar-refractivity contribution in [3.05, 3.63) is 45.4 Å². The van der Waals surface area contributed by atoms with Gasteiger partial charge in [0.25, 0.3) is 18.2 Å². The molecule has 4 aromatic rings. The van der Waals surface area contributed by atoms with Crippen molar-refractivity contribution in [1.29, 1.82) is 0 Å². The van der Waals surface area contributed by atoms with E-state index in [0.29, 0.717) is 22.2 Å². The summed E-state index contributed by atoms with van der Waals surface area (Å²) in [5.41, 5.74) is 6.48. The molecule has 3 N–H and O–H groups in total. The molecule has 0 aliphatic heterocycles. The number of amides is 2. The minimum atomic E-state index is -2.85. The Morgan fingerprint density at radius 1 is 1.19 bits per heavy atom. The van der Waals surface area contributed by atoms with Crippen LogP contribution >= 0.6 is 22.9 Å². The maximum absolute atomic E-state index is 13.6. The van der Waals surface area contributed by atoms with Crippen molar-refractivity contribution in [2.75, 3.05) is 5.32 Å². The van der Waals surface area contributed by atoms with Crippen LogP contribution in [0.5, 0.6) is 0 Å². The molecular formula is C19H16ClF2N7O2S. The first-order chi connectivity index (χ1) is 15.1. The van der Waals surface area contributed by atoms with Gasteiger partial charge in [0.05, 0.1) is 16.4 Å². The fourth-order valence-electron chi connectivity index (χ4n) is 3.38. The Morgan fingerprint density at radius 3 is 2.41 bits per heavy atom. The Hall–Kier alpha value is -3.38. The smallest absolute Gasteiger partial charge is 0.280 e. The van der Waals surface area contributed by atoms with E-state index < -0.39 is 23.9 Å². The number of hydrogen-bond acceptors (Lipinski definition) is 6. The van der Waals surface area contributed by atoms with Crippen molar-refractivity contribution in [2.45, 2.75) is 13.3 Å². The van der Waals surface area contributed by atoms with E-state index in [1.807, 2.05) is 0 Å². The zero-order valence-corrected chi connectivity index (χ0v) is 18.6. The summed E-state index contributed by atoms with van der Waals surface area (Å²) in [5.74, 6) is -1.53. The van der Waals surface area contributed by atoms with Crippen molar-refractivity contribution >= 4 is 50.7 Å². The van der Waals surface area contributed by atoms with Crippen LogP contribution in [0.3, 0.4) is 0 Å². The minimum Gasteiger partial charge on any atom is -0.365 e. The molecule has 0 saturated heterocycles. The zero-order chi connectivity index (χ0) is 23.3. The van der Waals surface area contributed by atoms with Gasteiger partial charge in [-0.05, 0) is 18.6 Å². The number of halogens is 3. The first kappa shape index (κ1) is 21.8. The Balaban J connectivity index is 1.99. The van der Waals surface area contributed by atoms with Gasteiger partial charge in [0.15, 0.2) is 5.69 Å². The summed E-state index contributed by atoms with van der Waals surface area (Å²) in [6.45, 7) is 1.72. The molecule has 0 unspecified atom stereocenters. The first-order valence-corrected chi connectivity index (χ1v) is 10.3. The molecule has 0 bridgehead atoms. The van der Waals surface area contributed by atoms with Crippen molar-refractivity contribution < 1.29 is 18.4 Å². The van der Waals surface area contributed by atoms with Crippen molar-refractivity contribution in [1.82, 2.24) is 24.5 Å². The van der Waals surface area contributed by atoms with Gasteiger partial charge >= 0.3 is 0 Å². The van der Waals surface area contributed by atoms with Crippen molar-refractivity contribution in [3.63, 3.8) is 0 Å². The van der Waals surface area contributed by atoms with Crippen LogP contribution in [0.15, 0.2) is 18.5 Å². The molecule has 0 fully saturated rings. The molecule has 0 radical (unpaired) electrons. The largest absolute Gasteiger partial charge is 0.365 e. The van der Waals surface area contributed by atoms with E-state index in [9.17, 15) is 18.4 Å². The minimum absolute atomic E-state index is 0.0397. The van der Waals surface area contributed by atoms with Gasteiger partial charge in [0.1, 0.15) is 15.4 Å². The number of nitrogens with two attached hydrogens (primary N) is 1. The number of primary amides is 1. The number of nitrogens with zero attached hydrogens (tertiary/aromatic N) is 5. The third-order valence-electron chi connectivity index (χ3n) is 4.67. The molecule has 4 heterocycles. The van der Waals surface area contributed by atoms with Gasteiger partial charge in [-0.15, -0.1) is 11.3 Å². The fraction of sp³-hybridized carbons (Fsp3) is 0.211. The highest BCUT2D eigenvalue weighted by Crippen LogP contribution is 2.43. The van der Waals surface area contributed by atoms with E-state index in [1.165, 1.54) is 21.6 Å². The second-order valence-electron chi connectivity index (χ2n) is 7.00. The highest BCUT2D eigenvalue weighted by molar-refractivity contribution is 7.21. The molecule has 4 rings (SSSR count). The number of carbonyl (C=O) groups is 2. The van der Waals surface area contributed by atoms with E-state index in [2.05, 4.69) is 20.5 Å². The van der Waals surface area contributed by atoms with E-state index in [4.69, 9.17) is 17.3 Å². The molecule has 0 aromatic carbocycles. The number of carbonyl (C=O) groups excluding carboxylic acids is 2. The standard InChI is InChI=1S/C19H16ClF2N7O2S/c1-7-9(5-28(2)26-7)8-4-11(16(21)22)24-19-12(8)14(15(32-19)17(23)30)25-18(31)13-10(20)6-29(3)27-13/h4-6,16H,1-3H3,(H2,23,30)(H,25,31). The van der Waals surface area contributed by atoms with Gasteiger partial charge in [-0.3, -0.25) is 19.0 Å². The number of hydrogen-bond donors (Lipinski definition) is 2. The lowest BCUT2D eigenvalue weighted by Crippen LogP contribution is -2.17. The summed E-state index contributed by atoms with van der Waals surface area (Å²) in [6, 6.07) is 1.22. The van der Waals surface area contributed by atoms with Gasteiger partial charge in [0.2, 0.25) is 0 Å². The summed E-state index contributed by atoms with van der Waals surface area (Å²) in [6.07, 6.45) is 0.250. The van der Waals surface area contributed by atoms with Crippen molar-refractivity contribution in [2.24, 2.45) is 19.8 Å². The molecule has 2 amide bonds. The lowest BCUT2D eigenvalue weighted by atomic mass is 10.0. The predicted molar refractivity (Wildman–Crippen MR) is 116 cm³/mol. The zero-order valence-electron chi connectivity index (χ0n) is 17.0. The Kier molecular flexibility index (Phi) is 5.42. The Labute approximate surface area is 188 Å². The number of fused-ring (bicyclic) bond motifs is 1. The Bertz CT molecular complexity index is 1390. The SMILES string of the molecule is Cc1nn(C)cc1-c1cc(C(F)F)nc2sc(C(N)=O)c(NC(=O)c3nn(C)cc3Cl)c12. The van der Waals surface area contributed by atoms with Crippen molar-refractivity contribution in [3.8, 4) is 11.1 Å². The summed E-state index contributed by atoms with van der Waals surface area (Å²) >= 11 is 6.88. The average Bonchev–Trinajstić information content (AvgIpc) is 3.35. The van der Waals surface area contributed by atoms with Gasteiger partial charge in [-0.1, -0.05) is 11.6 Å². The number of thiophene rings is 1. The lowest BCUT2D eigenvalue weighted by Gasteiger charge is -2.10. The topological polar surface area (TPSA) is 121 Å². The van der Waals surface area contributed by atoms with Gasteiger partial charge in [-0.25, -0.2) is 13.8 Å². The monoisotopic (exact) mass is 479 g/mol. The Morgan fingerprint density at radius 2 is 1.88 bits per heavy atom. The number of rotatable bonds is 5. The molecule has 0 saturated carbocycles. The fourth-order valence-corrected chi connectivity index (χ4v) is 4.66. The molecule has 4 aromatic heterocycles. The second-order valence-corrected chi connectivity index (χ2v) is 8.41. The summed E-state index contributed by atoms with van der Waals surface area (Å²) in [5, 5.41) is 11.3. The maximum Gasteiger partial charge on any atom is 0.280 e. The van der Waals surface area contributed by atoms with Crippen LogP contribution in [0.1, 0.15) is 38.0 Å². The molecular weight excluding hydrogens is 464 g/mol. The molecule has 9 nitrogen and oxygen atoms in total. The van der Waals surface area contributed by atoms with Crippen LogP contribution in [0.25, 0.3) is 21.3 Å². The van der Waals surface area contributed by atoms with Crippen LogP contribution in [-0.4, -0.2) is 36.4 Å². The lowest BCUT2D eigenvalue weighted by molar-refractivity contribution is 0.100. The number of nitrogens with one attached hydrogen (secondary N) is 1. The first-order valence-electron chi connectivity index (χ1n) is 9.13. The van der Waals surface area contributed by atoms with E-state index in [0.717, 1.165) is 11.3 Å². The number of anilines is 1. The van der Waals surface area contributed by atoms with E-state index in [-0.39, 0.29) is 26.1 Å². The number of aryl methyl sites for hydroxylation is 3. The second kappa shape index (κ2) is 7.95. The van der Waals surface area contributed by atoms with Crippen LogP contribution in [0, 0.1) is 6.92 Å². The third-order valence-corrected chi connectivity index (χ3v) is 6.05. The normalized spacial score (nSPS) is 11.5. The molecule has 0 aliphatic carbocycles. The molecule has 0 atom stereocenters. The van der Waals surface area contributed by atoms with Crippen LogP contribution in [0.2, 0.25) is 5.02 Å². The molecule has 166 valence electrons. The van der Waals surface area contributed by atoms with E-state index in [1.54, 1.807) is 27.2 Å². The summed E-state index contributed by atoms with van der Waals surface area (Å²) in [4.78, 5) is 29.1. The molecule has 0 aliphatic rings. The molecule has 13 heteroatoms. The van der Waals surface area contributed by atoms with Crippen LogP contribution < -0.4 is 11.1 Å². The van der Waals surface area contributed by atoms with Gasteiger partial charge in [-0.2, -0.15) is 10.2 Å². The highest BCUT2D eigenvalue weighted by Gasteiger charge is 2.27. The van der Waals surface area contributed by atoms with Gasteiger partial charge < -0.3 is 11.1 Å². The van der Waals surface area contributed by atoms with Gasteiger partial charge in [0, 0.05) is 37.4 Å². The molecule has 0 spiro atoms. The third kappa shape index (κ3) is 3.71. The molecule has 32 heavy (non-hydrogen) atoms. The number of pyridine rings is 1.